The molecule has 4 rings (SSSR count). The van der Waals surface area contributed by atoms with E-state index < -0.39 is 0 Å². The minimum Gasteiger partial charge on any atom is -0.372 e. The number of rotatable bonds is 5. The molecule has 1 saturated heterocycles. The molecule has 0 N–H and O–H groups in total. The number of hydrogen-bond donors (Lipinski definition) is 0. The zero-order valence-electron chi connectivity index (χ0n) is 14.8. The van der Waals surface area contributed by atoms with Gasteiger partial charge < -0.3 is 4.90 Å². The van der Waals surface area contributed by atoms with Crippen LogP contribution in [0.4, 0.5) is 5.69 Å². The summed E-state index contributed by atoms with van der Waals surface area (Å²) >= 11 is 3.91. The number of benzene rings is 1. The predicted octanol–water partition coefficient (Wildman–Crippen LogP) is 6.17. The van der Waals surface area contributed by atoms with Gasteiger partial charge in [-0.2, -0.15) is 0 Å². The first kappa shape index (κ1) is 16.9. The molecule has 1 aliphatic heterocycles. The molecule has 3 aromatic rings. The molecule has 0 spiro atoms. The minimum atomic E-state index is 0.843. The van der Waals surface area contributed by atoms with Crippen LogP contribution in [0.3, 0.4) is 0 Å². The average molecular weight is 368 g/mol. The van der Waals surface area contributed by atoms with Crippen molar-refractivity contribution >= 4 is 28.4 Å². The Kier molecular flexibility index (Phi) is 5.23. The van der Waals surface area contributed by atoms with Gasteiger partial charge in [0.05, 0.1) is 0 Å². The van der Waals surface area contributed by atoms with Gasteiger partial charge in [-0.15, -0.1) is 22.7 Å². The van der Waals surface area contributed by atoms with Gasteiger partial charge in [-0.05, 0) is 73.4 Å². The Balaban J connectivity index is 1.30. The third-order valence-electron chi connectivity index (χ3n) is 5.08. The van der Waals surface area contributed by atoms with E-state index in [1.54, 1.807) is 4.88 Å². The van der Waals surface area contributed by atoms with Crippen LogP contribution in [0.5, 0.6) is 0 Å². The van der Waals surface area contributed by atoms with Crippen LogP contribution in [0.15, 0.2) is 53.9 Å². The van der Waals surface area contributed by atoms with E-state index >= 15 is 0 Å². The molecule has 0 saturated carbocycles. The highest BCUT2D eigenvalue weighted by atomic mass is 32.1. The van der Waals surface area contributed by atoms with Crippen LogP contribution < -0.4 is 4.90 Å². The molecule has 1 aromatic carbocycles. The first-order valence-electron chi connectivity index (χ1n) is 9.18. The molecule has 0 aliphatic carbocycles. The average Bonchev–Trinajstić information content (AvgIpc) is 3.25. The maximum Gasteiger partial charge on any atom is 0.0366 e. The molecule has 3 heterocycles. The standard InChI is InChI=1S/C22H25NS2/c1-17-13-22(24-16-17)15-21-8-7-20(25-21)14-18-9-11-23(12-10-18)19-5-3-2-4-6-19/h2-8,13,16,18H,9-12,14-15H2,1H3. The molecule has 0 radical (unpaired) electrons. The van der Waals surface area contributed by atoms with Gasteiger partial charge in [0.25, 0.3) is 0 Å². The fraction of sp³-hybridized carbons (Fsp3) is 0.364. The Hall–Kier alpha value is -1.58. The third-order valence-corrected chi connectivity index (χ3v) is 7.24. The molecule has 0 atom stereocenters. The molecule has 1 nitrogen and oxygen atoms in total. The Labute approximate surface area is 158 Å². The number of piperidine rings is 1. The van der Waals surface area contributed by atoms with Gasteiger partial charge in [0.1, 0.15) is 0 Å². The molecular weight excluding hydrogens is 342 g/mol. The monoisotopic (exact) mass is 367 g/mol. The van der Waals surface area contributed by atoms with Crippen molar-refractivity contribution in [3.63, 3.8) is 0 Å². The first-order valence-corrected chi connectivity index (χ1v) is 10.9. The summed E-state index contributed by atoms with van der Waals surface area (Å²) in [6, 6.07) is 17.9. The number of hydrogen-bond acceptors (Lipinski definition) is 3. The summed E-state index contributed by atoms with van der Waals surface area (Å²) in [5.41, 5.74) is 2.77. The molecule has 3 heteroatoms. The zero-order chi connectivity index (χ0) is 17.1. The second-order valence-electron chi connectivity index (χ2n) is 7.11. The second kappa shape index (κ2) is 7.76. The Morgan fingerprint density at radius 2 is 1.72 bits per heavy atom. The van der Waals surface area contributed by atoms with E-state index in [0.717, 1.165) is 12.3 Å². The van der Waals surface area contributed by atoms with Crippen LogP contribution in [0.25, 0.3) is 0 Å². The van der Waals surface area contributed by atoms with Crippen LogP contribution >= 0.6 is 22.7 Å². The van der Waals surface area contributed by atoms with Crippen molar-refractivity contribution in [2.75, 3.05) is 18.0 Å². The SMILES string of the molecule is Cc1csc(Cc2ccc(CC3CCN(c4ccccc4)CC3)s2)c1. The van der Waals surface area contributed by atoms with E-state index in [-0.39, 0.29) is 0 Å². The van der Waals surface area contributed by atoms with E-state index in [1.165, 1.54) is 53.4 Å². The quantitative estimate of drug-likeness (QED) is 0.521. The summed E-state index contributed by atoms with van der Waals surface area (Å²) in [5.74, 6) is 0.843. The molecule has 1 fully saturated rings. The first-order chi connectivity index (χ1) is 12.3. The maximum absolute atomic E-state index is 2.54. The van der Waals surface area contributed by atoms with Gasteiger partial charge in [-0.3, -0.25) is 0 Å². The van der Waals surface area contributed by atoms with Crippen molar-refractivity contribution < 1.29 is 0 Å². The highest BCUT2D eigenvalue weighted by Crippen LogP contribution is 2.29. The van der Waals surface area contributed by atoms with Gasteiger partial charge in [0.15, 0.2) is 0 Å². The van der Waals surface area contributed by atoms with E-state index in [0.29, 0.717) is 0 Å². The highest BCUT2D eigenvalue weighted by molar-refractivity contribution is 7.12. The van der Waals surface area contributed by atoms with Crippen LogP contribution in [-0.2, 0) is 12.8 Å². The van der Waals surface area contributed by atoms with Crippen LogP contribution in [0.1, 0.15) is 33.0 Å². The smallest absolute Gasteiger partial charge is 0.0366 e. The molecule has 0 unspecified atom stereocenters. The number of para-hydroxylation sites is 1. The van der Waals surface area contributed by atoms with Crippen molar-refractivity contribution in [3.05, 3.63) is 74.1 Å². The lowest BCUT2D eigenvalue weighted by Crippen LogP contribution is -2.34. The lowest BCUT2D eigenvalue weighted by molar-refractivity contribution is 0.406. The Morgan fingerprint density at radius 3 is 2.44 bits per heavy atom. The number of anilines is 1. The van der Waals surface area contributed by atoms with Crippen molar-refractivity contribution in [2.45, 2.75) is 32.6 Å². The Morgan fingerprint density at radius 1 is 0.960 bits per heavy atom. The fourth-order valence-electron chi connectivity index (χ4n) is 3.70. The van der Waals surface area contributed by atoms with Gasteiger partial charge in [-0.25, -0.2) is 0 Å². The number of thiophene rings is 2. The Bertz CT molecular complexity index is 794. The summed E-state index contributed by atoms with van der Waals surface area (Å²) < 4.78 is 0. The second-order valence-corrected chi connectivity index (χ2v) is 9.35. The number of aryl methyl sites for hydroxylation is 1. The molecule has 0 amide bonds. The van der Waals surface area contributed by atoms with E-state index in [2.05, 4.69) is 65.7 Å². The van der Waals surface area contributed by atoms with Crippen LogP contribution in [0.2, 0.25) is 0 Å². The molecule has 2 aromatic heterocycles. The minimum absolute atomic E-state index is 0.843. The van der Waals surface area contributed by atoms with Gasteiger partial charge in [0.2, 0.25) is 0 Å². The van der Waals surface area contributed by atoms with Crippen molar-refractivity contribution in [1.29, 1.82) is 0 Å². The maximum atomic E-state index is 2.54. The molecule has 25 heavy (non-hydrogen) atoms. The normalized spacial score (nSPS) is 15.6. The fourth-order valence-corrected chi connectivity index (χ4v) is 5.85. The van der Waals surface area contributed by atoms with E-state index in [4.69, 9.17) is 0 Å². The topological polar surface area (TPSA) is 3.24 Å². The molecule has 130 valence electrons. The predicted molar refractivity (Wildman–Crippen MR) is 111 cm³/mol. The summed E-state index contributed by atoms with van der Waals surface area (Å²) in [5, 5.41) is 2.25. The third kappa shape index (κ3) is 4.34. The number of nitrogens with zero attached hydrogens (tertiary/aromatic N) is 1. The van der Waals surface area contributed by atoms with Crippen molar-refractivity contribution in [2.24, 2.45) is 5.92 Å². The van der Waals surface area contributed by atoms with Crippen molar-refractivity contribution in [1.82, 2.24) is 0 Å². The molecule has 1 aliphatic rings. The molecular formula is C22H25NS2. The lowest BCUT2D eigenvalue weighted by atomic mass is 9.92. The largest absolute Gasteiger partial charge is 0.372 e. The summed E-state index contributed by atoms with van der Waals surface area (Å²) in [4.78, 5) is 7.11. The van der Waals surface area contributed by atoms with Crippen LogP contribution in [-0.4, -0.2) is 13.1 Å². The van der Waals surface area contributed by atoms with Crippen molar-refractivity contribution in [3.8, 4) is 0 Å². The van der Waals surface area contributed by atoms with E-state index in [1.807, 2.05) is 22.7 Å². The lowest BCUT2D eigenvalue weighted by Gasteiger charge is -2.33. The van der Waals surface area contributed by atoms with Gasteiger partial charge >= 0.3 is 0 Å². The van der Waals surface area contributed by atoms with Gasteiger partial charge in [-0.1, -0.05) is 18.2 Å². The summed E-state index contributed by atoms with van der Waals surface area (Å²) in [6.07, 6.45) is 4.99. The summed E-state index contributed by atoms with van der Waals surface area (Å²) in [7, 11) is 0. The van der Waals surface area contributed by atoms with Crippen LogP contribution in [0, 0.1) is 12.8 Å². The van der Waals surface area contributed by atoms with E-state index in [9.17, 15) is 0 Å². The molecule has 0 bridgehead atoms. The highest BCUT2D eigenvalue weighted by Gasteiger charge is 2.20. The summed E-state index contributed by atoms with van der Waals surface area (Å²) in [6.45, 7) is 4.57. The zero-order valence-corrected chi connectivity index (χ0v) is 16.4. The van der Waals surface area contributed by atoms with Gasteiger partial charge in [0, 0.05) is 39.8 Å².